The zero-order chi connectivity index (χ0) is 13.1. The van der Waals surface area contributed by atoms with Crippen molar-refractivity contribution < 1.29 is 4.79 Å². The second-order valence-corrected chi connectivity index (χ2v) is 4.72. The van der Waals surface area contributed by atoms with Crippen LogP contribution in [0.2, 0.25) is 0 Å². The summed E-state index contributed by atoms with van der Waals surface area (Å²) in [6.07, 6.45) is 3.33. The largest absolute Gasteiger partial charge is 0.360 e. The molecule has 18 heavy (non-hydrogen) atoms. The fourth-order valence-electron chi connectivity index (χ4n) is 2.00. The summed E-state index contributed by atoms with van der Waals surface area (Å²) in [7, 11) is 0. The van der Waals surface area contributed by atoms with Gasteiger partial charge in [-0.1, -0.05) is 26.3 Å². The highest BCUT2D eigenvalue weighted by molar-refractivity contribution is 6.08. The fraction of sp³-hybridized carbons (Fsp3) is 0.333. The Balaban J connectivity index is 2.35. The van der Waals surface area contributed by atoms with Crippen LogP contribution in [0.3, 0.4) is 0 Å². The third-order valence-corrected chi connectivity index (χ3v) is 3.34. The van der Waals surface area contributed by atoms with Gasteiger partial charge < -0.3 is 4.98 Å². The quantitative estimate of drug-likeness (QED) is 0.829. The van der Waals surface area contributed by atoms with E-state index in [9.17, 15) is 4.79 Å². The van der Waals surface area contributed by atoms with Gasteiger partial charge in [-0.25, -0.2) is 0 Å². The molecule has 2 aromatic rings. The molecule has 0 saturated heterocycles. The van der Waals surface area contributed by atoms with E-state index in [2.05, 4.69) is 24.9 Å². The van der Waals surface area contributed by atoms with Gasteiger partial charge in [-0.05, 0) is 18.1 Å². The number of hydrogen-bond acceptors (Lipinski definition) is 2. The highest BCUT2D eigenvalue weighted by Gasteiger charge is 2.14. The van der Waals surface area contributed by atoms with Gasteiger partial charge in [0, 0.05) is 29.1 Å². The highest BCUT2D eigenvalue weighted by atomic mass is 16.1. The molecule has 0 aliphatic carbocycles. The summed E-state index contributed by atoms with van der Waals surface area (Å²) in [5.74, 6) is 0.570. The number of benzene rings is 1. The number of nitrogens with zero attached hydrogens (tertiary/aromatic N) is 1. The molecule has 1 aromatic carbocycles. The van der Waals surface area contributed by atoms with Crippen molar-refractivity contribution in [2.45, 2.75) is 26.7 Å². The summed E-state index contributed by atoms with van der Waals surface area (Å²) in [5.41, 5.74) is 2.18. The van der Waals surface area contributed by atoms with Gasteiger partial charge in [-0.15, -0.1) is 0 Å². The van der Waals surface area contributed by atoms with Crippen molar-refractivity contribution in [1.29, 1.82) is 5.26 Å². The first-order chi connectivity index (χ1) is 8.65. The number of rotatable bonds is 4. The molecule has 0 spiro atoms. The van der Waals surface area contributed by atoms with Gasteiger partial charge in [0.2, 0.25) is 0 Å². The standard InChI is InChI=1S/C15H16N2O/c1-3-10(2)6-15(18)13-9-17-14-7-11(8-16)4-5-12(13)14/h4-5,7,9-10,17H,3,6H2,1-2H3. The van der Waals surface area contributed by atoms with Gasteiger partial charge in [-0.2, -0.15) is 5.26 Å². The lowest BCUT2D eigenvalue weighted by atomic mass is 9.97. The van der Waals surface area contributed by atoms with Gasteiger partial charge in [0.25, 0.3) is 0 Å². The summed E-state index contributed by atoms with van der Waals surface area (Å²) in [5, 5.41) is 9.74. The molecule has 1 N–H and O–H groups in total. The van der Waals surface area contributed by atoms with E-state index in [0.717, 1.165) is 22.9 Å². The molecule has 3 nitrogen and oxygen atoms in total. The Labute approximate surface area is 106 Å². The minimum Gasteiger partial charge on any atom is -0.360 e. The van der Waals surface area contributed by atoms with Crippen LogP contribution in [0.5, 0.6) is 0 Å². The smallest absolute Gasteiger partial charge is 0.165 e. The van der Waals surface area contributed by atoms with Crippen LogP contribution in [0.1, 0.15) is 42.6 Å². The minimum absolute atomic E-state index is 0.167. The Morgan fingerprint density at radius 2 is 2.28 bits per heavy atom. The number of carbonyl (C=O) groups is 1. The third-order valence-electron chi connectivity index (χ3n) is 3.34. The Morgan fingerprint density at radius 3 is 2.94 bits per heavy atom. The summed E-state index contributed by atoms with van der Waals surface area (Å²) < 4.78 is 0. The molecule has 3 heteroatoms. The van der Waals surface area contributed by atoms with E-state index in [1.54, 1.807) is 18.3 Å². The van der Waals surface area contributed by atoms with E-state index in [1.807, 2.05) is 6.07 Å². The van der Waals surface area contributed by atoms with Crippen molar-refractivity contribution in [3.8, 4) is 6.07 Å². The van der Waals surface area contributed by atoms with E-state index in [1.165, 1.54) is 0 Å². The molecule has 0 saturated carbocycles. The molecule has 1 heterocycles. The maximum Gasteiger partial charge on any atom is 0.165 e. The van der Waals surface area contributed by atoms with Crippen LogP contribution in [0, 0.1) is 17.2 Å². The molecule has 1 unspecified atom stereocenters. The lowest BCUT2D eigenvalue weighted by molar-refractivity contribution is 0.0965. The molecule has 0 aliphatic rings. The maximum absolute atomic E-state index is 12.2. The van der Waals surface area contributed by atoms with Crippen molar-refractivity contribution in [3.63, 3.8) is 0 Å². The summed E-state index contributed by atoms with van der Waals surface area (Å²) in [4.78, 5) is 15.2. The number of hydrogen-bond donors (Lipinski definition) is 1. The van der Waals surface area contributed by atoms with Gasteiger partial charge in [0.05, 0.1) is 11.6 Å². The van der Waals surface area contributed by atoms with Gasteiger partial charge >= 0.3 is 0 Å². The first-order valence-electron chi connectivity index (χ1n) is 6.20. The molecule has 0 bridgehead atoms. The molecule has 0 radical (unpaired) electrons. The van der Waals surface area contributed by atoms with Crippen molar-refractivity contribution in [3.05, 3.63) is 35.5 Å². The predicted molar refractivity (Wildman–Crippen MR) is 71.4 cm³/mol. The molecular weight excluding hydrogens is 224 g/mol. The van der Waals surface area contributed by atoms with Crippen molar-refractivity contribution in [1.82, 2.24) is 4.98 Å². The van der Waals surface area contributed by atoms with Crippen LogP contribution < -0.4 is 0 Å². The first kappa shape index (κ1) is 12.4. The summed E-state index contributed by atoms with van der Waals surface area (Å²) in [6.45, 7) is 4.17. The molecule has 0 amide bonds. The van der Waals surface area contributed by atoms with E-state index in [-0.39, 0.29) is 5.78 Å². The number of aromatic amines is 1. The molecule has 2 rings (SSSR count). The number of nitrogens with one attached hydrogen (secondary N) is 1. The van der Waals surface area contributed by atoms with Crippen LogP contribution in [-0.2, 0) is 0 Å². The van der Waals surface area contributed by atoms with Crippen molar-refractivity contribution in [2.24, 2.45) is 5.92 Å². The average Bonchev–Trinajstić information content (AvgIpc) is 2.81. The van der Waals surface area contributed by atoms with Gasteiger partial charge in [-0.3, -0.25) is 4.79 Å². The van der Waals surface area contributed by atoms with Crippen LogP contribution in [0.25, 0.3) is 10.9 Å². The summed E-state index contributed by atoms with van der Waals surface area (Å²) >= 11 is 0. The SMILES string of the molecule is CCC(C)CC(=O)c1c[nH]c2cc(C#N)ccc12. The number of fused-ring (bicyclic) bond motifs is 1. The highest BCUT2D eigenvalue weighted by Crippen LogP contribution is 2.22. The second-order valence-electron chi connectivity index (χ2n) is 4.72. The lowest BCUT2D eigenvalue weighted by Crippen LogP contribution is -2.04. The normalized spacial score (nSPS) is 12.3. The molecular formula is C15H16N2O. The molecule has 1 atom stereocenters. The topological polar surface area (TPSA) is 56.6 Å². The van der Waals surface area contributed by atoms with Crippen LogP contribution >= 0.6 is 0 Å². The van der Waals surface area contributed by atoms with E-state index >= 15 is 0 Å². The Bertz CT molecular complexity index is 619. The fourth-order valence-corrected chi connectivity index (χ4v) is 2.00. The molecule has 1 aromatic heterocycles. The molecule has 92 valence electrons. The predicted octanol–water partition coefficient (Wildman–Crippen LogP) is 3.66. The zero-order valence-corrected chi connectivity index (χ0v) is 10.7. The maximum atomic E-state index is 12.2. The second kappa shape index (κ2) is 5.05. The first-order valence-corrected chi connectivity index (χ1v) is 6.20. The average molecular weight is 240 g/mol. The molecule has 0 fully saturated rings. The molecule has 0 aliphatic heterocycles. The van der Waals surface area contributed by atoms with E-state index in [4.69, 9.17) is 5.26 Å². The Morgan fingerprint density at radius 1 is 1.50 bits per heavy atom. The van der Waals surface area contributed by atoms with Gasteiger partial charge in [0.1, 0.15) is 0 Å². The monoisotopic (exact) mass is 240 g/mol. The number of Topliss-reactive ketones (excluding diaryl/α,β-unsaturated/α-hetero) is 1. The van der Waals surface area contributed by atoms with Crippen LogP contribution in [-0.4, -0.2) is 10.8 Å². The Hall–Kier alpha value is -2.08. The number of carbonyl (C=O) groups excluding carboxylic acids is 1. The summed E-state index contributed by atoms with van der Waals surface area (Å²) in [6, 6.07) is 7.45. The number of nitriles is 1. The van der Waals surface area contributed by atoms with E-state index in [0.29, 0.717) is 17.9 Å². The van der Waals surface area contributed by atoms with Crippen LogP contribution in [0.4, 0.5) is 0 Å². The third kappa shape index (κ3) is 2.28. The van der Waals surface area contributed by atoms with Crippen molar-refractivity contribution >= 4 is 16.7 Å². The van der Waals surface area contributed by atoms with Crippen molar-refractivity contribution in [2.75, 3.05) is 0 Å². The lowest BCUT2D eigenvalue weighted by Gasteiger charge is -2.06. The number of aromatic nitrogens is 1. The number of ketones is 1. The van der Waals surface area contributed by atoms with Gasteiger partial charge in [0.15, 0.2) is 5.78 Å². The van der Waals surface area contributed by atoms with E-state index < -0.39 is 0 Å². The Kier molecular flexibility index (Phi) is 3.47. The number of H-pyrrole nitrogens is 1. The van der Waals surface area contributed by atoms with Crippen LogP contribution in [0.15, 0.2) is 24.4 Å². The minimum atomic E-state index is 0.167. The zero-order valence-electron chi connectivity index (χ0n) is 10.7.